The summed E-state index contributed by atoms with van der Waals surface area (Å²) in [6.45, 7) is 4.21. The molecule has 1 rings (SSSR count). The molecule has 17 heavy (non-hydrogen) atoms. The van der Waals surface area contributed by atoms with Gasteiger partial charge in [-0.2, -0.15) is 0 Å². The van der Waals surface area contributed by atoms with Gasteiger partial charge in [0.25, 0.3) is 0 Å². The van der Waals surface area contributed by atoms with E-state index < -0.39 is 0 Å². The summed E-state index contributed by atoms with van der Waals surface area (Å²) in [4.78, 5) is 0. The van der Waals surface area contributed by atoms with Crippen molar-refractivity contribution in [2.45, 2.75) is 26.7 Å². The van der Waals surface area contributed by atoms with Crippen LogP contribution in [0.3, 0.4) is 0 Å². The van der Waals surface area contributed by atoms with Gasteiger partial charge in [-0.05, 0) is 37.1 Å². The van der Waals surface area contributed by atoms with Gasteiger partial charge in [-0.3, -0.25) is 0 Å². The first kappa shape index (κ1) is 14.1. The van der Waals surface area contributed by atoms with Crippen molar-refractivity contribution in [3.63, 3.8) is 0 Å². The molecule has 0 aliphatic rings. The van der Waals surface area contributed by atoms with Gasteiger partial charge in [0.15, 0.2) is 0 Å². The second-order valence-electron chi connectivity index (χ2n) is 4.03. The van der Waals surface area contributed by atoms with Crippen molar-refractivity contribution in [2.24, 2.45) is 5.73 Å². The smallest absolute Gasteiger partial charge is 0.0595 e. The molecule has 0 spiro atoms. The molecule has 0 aromatic heterocycles. The third kappa shape index (κ3) is 4.84. The molecule has 0 aliphatic heterocycles. The minimum Gasteiger partial charge on any atom is -0.402 e. The molecular formula is C14H17Cl2N. The van der Waals surface area contributed by atoms with Crippen LogP contribution in [0.15, 0.2) is 41.6 Å². The molecule has 3 heteroatoms. The number of hydrogen-bond acceptors (Lipinski definition) is 1. The van der Waals surface area contributed by atoms with Crippen molar-refractivity contribution in [1.29, 1.82) is 0 Å². The number of allylic oxidation sites excluding steroid dienone is 4. The third-order valence-corrected chi connectivity index (χ3v) is 3.27. The third-order valence-electron chi connectivity index (χ3n) is 2.53. The Bertz CT molecular complexity index is 448. The lowest BCUT2D eigenvalue weighted by Crippen LogP contribution is -2.00. The van der Waals surface area contributed by atoms with Crippen LogP contribution >= 0.6 is 23.2 Å². The maximum Gasteiger partial charge on any atom is 0.0595 e. The summed E-state index contributed by atoms with van der Waals surface area (Å²) < 4.78 is 0. The predicted octanol–water partition coefficient (Wildman–Crippen LogP) is 4.73. The Kier molecular flexibility index (Phi) is 5.60. The van der Waals surface area contributed by atoms with Gasteiger partial charge in [0.2, 0.25) is 0 Å². The lowest BCUT2D eigenvalue weighted by Gasteiger charge is -2.03. The Labute approximate surface area is 113 Å². The molecular weight excluding hydrogens is 253 g/mol. The van der Waals surface area contributed by atoms with Crippen molar-refractivity contribution in [3.8, 4) is 0 Å². The SMILES string of the molecule is CC/C(C)=C/C=C(\N)Cc1ccc(Cl)c(Cl)c1. The van der Waals surface area contributed by atoms with Gasteiger partial charge in [-0.25, -0.2) is 0 Å². The van der Waals surface area contributed by atoms with Gasteiger partial charge in [0.05, 0.1) is 10.0 Å². The van der Waals surface area contributed by atoms with Crippen LogP contribution in [0.25, 0.3) is 0 Å². The minimum atomic E-state index is 0.567. The van der Waals surface area contributed by atoms with E-state index in [-0.39, 0.29) is 0 Å². The summed E-state index contributed by atoms with van der Waals surface area (Å²) in [5, 5.41) is 1.14. The summed E-state index contributed by atoms with van der Waals surface area (Å²) in [5.41, 5.74) is 9.13. The summed E-state index contributed by atoms with van der Waals surface area (Å²) in [6.07, 6.45) is 5.72. The lowest BCUT2D eigenvalue weighted by molar-refractivity contribution is 1.08. The van der Waals surface area contributed by atoms with E-state index in [0.29, 0.717) is 16.5 Å². The summed E-state index contributed by atoms with van der Waals surface area (Å²) in [5.74, 6) is 0. The molecule has 0 atom stereocenters. The number of halogens is 2. The highest BCUT2D eigenvalue weighted by atomic mass is 35.5. The van der Waals surface area contributed by atoms with Crippen LogP contribution in [0.2, 0.25) is 10.0 Å². The molecule has 0 aliphatic carbocycles. The standard InChI is InChI=1S/C14H17Cl2N/c1-3-10(2)4-6-12(17)8-11-5-7-13(15)14(16)9-11/h4-7,9H,3,8,17H2,1-2H3/b10-4+,12-6-. The summed E-state index contributed by atoms with van der Waals surface area (Å²) >= 11 is 11.8. The van der Waals surface area contributed by atoms with Gasteiger partial charge in [0, 0.05) is 12.1 Å². The summed E-state index contributed by atoms with van der Waals surface area (Å²) in [7, 11) is 0. The molecule has 1 aromatic carbocycles. The van der Waals surface area contributed by atoms with Crippen LogP contribution in [-0.2, 0) is 6.42 Å². The molecule has 0 radical (unpaired) electrons. The topological polar surface area (TPSA) is 26.0 Å². The quantitative estimate of drug-likeness (QED) is 0.786. The van der Waals surface area contributed by atoms with E-state index in [4.69, 9.17) is 28.9 Å². The average Bonchev–Trinajstić information content (AvgIpc) is 2.31. The normalized spacial score (nSPS) is 12.9. The lowest BCUT2D eigenvalue weighted by atomic mass is 10.1. The highest BCUT2D eigenvalue weighted by molar-refractivity contribution is 6.42. The van der Waals surface area contributed by atoms with E-state index in [0.717, 1.165) is 17.7 Å². The monoisotopic (exact) mass is 269 g/mol. The fraction of sp³-hybridized carbons (Fsp3) is 0.286. The van der Waals surface area contributed by atoms with Crippen molar-refractivity contribution >= 4 is 23.2 Å². The molecule has 0 heterocycles. The Morgan fingerprint density at radius 1 is 1.24 bits per heavy atom. The van der Waals surface area contributed by atoms with Crippen molar-refractivity contribution in [1.82, 2.24) is 0 Å². The van der Waals surface area contributed by atoms with Crippen molar-refractivity contribution in [3.05, 3.63) is 57.2 Å². The molecule has 0 unspecified atom stereocenters. The Hall–Kier alpha value is -0.920. The molecule has 2 N–H and O–H groups in total. The molecule has 1 nitrogen and oxygen atoms in total. The minimum absolute atomic E-state index is 0.567. The number of nitrogens with two attached hydrogens (primary N) is 1. The van der Waals surface area contributed by atoms with Gasteiger partial charge >= 0.3 is 0 Å². The zero-order chi connectivity index (χ0) is 12.8. The highest BCUT2D eigenvalue weighted by Crippen LogP contribution is 2.23. The fourth-order valence-corrected chi connectivity index (χ4v) is 1.63. The van der Waals surface area contributed by atoms with E-state index >= 15 is 0 Å². The Morgan fingerprint density at radius 3 is 2.53 bits per heavy atom. The Balaban J connectivity index is 2.74. The second kappa shape index (κ2) is 6.73. The first-order valence-corrected chi connectivity index (χ1v) is 6.34. The molecule has 0 bridgehead atoms. The van der Waals surface area contributed by atoms with E-state index in [1.165, 1.54) is 5.57 Å². The molecule has 0 saturated heterocycles. The second-order valence-corrected chi connectivity index (χ2v) is 4.85. The van der Waals surface area contributed by atoms with Crippen molar-refractivity contribution in [2.75, 3.05) is 0 Å². The van der Waals surface area contributed by atoms with Crippen LogP contribution in [0, 0.1) is 0 Å². The van der Waals surface area contributed by atoms with Crippen LogP contribution in [-0.4, -0.2) is 0 Å². The fourth-order valence-electron chi connectivity index (χ4n) is 1.31. The first-order chi connectivity index (χ1) is 8.02. The van der Waals surface area contributed by atoms with Crippen molar-refractivity contribution < 1.29 is 0 Å². The zero-order valence-corrected chi connectivity index (χ0v) is 11.6. The highest BCUT2D eigenvalue weighted by Gasteiger charge is 2.00. The molecule has 1 aromatic rings. The molecule has 0 amide bonds. The van der Waals surface area contributed by atoms with E-state index in [2.05, 4.69) is 13.8 Å². The summed E-state index contributed by atoms with van der Waals surface area (Å²) in [6, 6.07) is 5.58. The first-order valence-electron chi connectivity index (χ1n) is 5.58. The van der Waals surface area contributed by atoms with E-state index in [1.54, 1.807) is 6.07 Å². The maximum atomic E-state index is 5.94. The maximum absolute atomic E-state index is 5.94. The van der Waals surface area contributed by atoms with Crippen LogP contribution in [0.4, 0.5) is 0 Å². The van der Waals surface area contributed by atoms with Crippen LogP contribution < -0.4 is 5.73 Å². The van der Waals surface area contributed by atoms with E-state index in [1.807, 2.05) is 24.3 Å². The predicted molar refractivity (Wildman–Crippen MR) is 76.5 cm³/mol. The number of hydrogen-bond donors (Lipinski definition) is 1. The molecule has 92 valence electrons. The van der Waals surface area contributed by atoms with Crippen LogP contribution in [0.1, 0.15) is 25.8 Å². The van der Waals surface area contributed by atoms with E-state index in [9.17, 15) is 0 Å². The zero-order valence-electron chi connectivity index (χ0n) is 10.1. The Morgan fingerprint density at radius 2 is 1.94 bits per heavy atom. The molecule has 0 fully saturated rings. The number of benzene rings is 1. The van der Waals surface area contributed by atoms with Gasteiger partial charge < -0.3 is 5.73 Å². The van der Waals surface area contributed by atoms with Gasteiger partial charge in [0.1, 0.15) is 0 Å². The molecule has 0 saturated carbocycles. The average molecular weight is 270 g/mol. The largest absolute Gasteiger partial charge is 0.402 e. The van der Waals surface area contributed by atoms with Gasteiger partial charge in [-0.15, -0.1) is 0 Å². The van der Waals surface area contributed by atoms with Crippen LogP contribution in [0.5, 0.6) is 0 Å². The number of rotatable bonds is 4. The van der Waals surface area contributed by atoms with Gasteiger partial charge in [-0.1, -0.05) is 47.8 Å².